The molecule has 0 unspecified atom stereocenters. The van der Waals surface area contributed by atoms with Crippen LogP contribution in [0, 0.1) is 0 Å². The zero-order valence-corrected chi connectivity index (χ0v) is 13.7. The molecule has 1 saturated heterocycles. The predicted molar refractivity (Wildman–Crippen MR) is 78.1 cm³/mol. The molecule has 118 valence electrons. The van der Waals surface area contributed by atoms with E-state index < -0.39 is 15.6 Å². The van der Waals surface area contributed by atoms with Crippen LogP contribution in [0.15, 0.2) is 0 Å². The summed E-state index contributed by atoms with van der Waals surface area (Å²) in [4.78, 5) is 13.4. The molecule has 1 rings (SSSR count). The first kappa shape index (κ1) is 17.2. The molecule has 0 spiro atoms. The van der Waals surface area contributed by atoms with E-state index in [-0.39, 0.29) is 11.8 Å². The predicted octanol–water partition coefficient (Wildman–Crippen LogP) is 1.67. The van der Waals surface area contributed by atoms with Crippen molar-refractivity contribution in [3.8, 4) is 0 Å². The first-order chi connectivity index (χ1) is 9.15. The van der Waals surface area contributed by atoms with Gasteiger partial charge >= 0.3 is 6.09 Å². The van der Waals surface area contributed by atoms with Crippen molar-refractivity contribution in [2.45, 2.75) is 46.1 Å². The number of ether oxygens (including phenoxy) is 1. The van der Waals surface area contributed by atoms with Crippen molar-refractivity contribution in [3.05, 3.63) is 0 Å². The molecule has 1 fully saturated rings. The van der Waals surface area contributed by atoms with Gasteiger partial charge in [0.1, 0.15) is 5.60 Å². The van der Waals surface area contributed by atoms with Crippen molar-refractivity contribution in [3.63, 3.8) is 0 Å². The second-order valence-corrected chi connectivity index (χ2v) is 8.12. The van der Waals surface area contributed by atoms with Crippen molar-refractivity contribution < 1.29 is 17.9 Å². The molecule has 0 aromatic rings. The van der Waals surface area contributed by atoms with Gasteiger partial charge in [0.2, 0.25) is 10.0 Å². The Morgan fingerprint density at radius 2 is 1.70 bits per heavy atom. The highest BCUT2D eigenvalue weighted by atomic mass is 32.2. The quantitative estimate of drug-likeness (QED) is 0.792. The van der Waals surface area contributed by atoms with E-state index in [0.29, 0.717) is 32.6 Å². The molecule has 1 amide bonds. The van der Waals surface area contributed by atoms with E-state index in [0.717, 1.165) is 6.42 Å². The minimum absolute atomic E-state index is 0.190. The second kappa shape index (κ2) is 6.76. The van der Waals surface area contributed by atoms with Gasteiger partial charge < -0.3 is 9.64 Å². The van der Waals surface area contributed by atoms with Crippen LogP contribution in [-0.2, 0) is 14.8 Å². The van der Waals surface area contributed by atoms with Crippen LogP contribution in [0.1, 0.15) is 40.5 Å². The summed E-state index contributed by atoms with van der Waals surface area (Å²) >= 11 is 0. The van der Waals surface area contributed by atoms with Crippen LogP contribution in [0.2, 0.25) is 0 Å². The Hall–Kier alpha value is -0.820. The molecule has 7 heteroatoms. The third-order valence-electron chi connectivity index (χ3n) is 3.04. The fourth-order valence-electron chi connectivity index (χ4n) is 1.93. The third kappa shape index (κ3) is 5.28. The summed E-state index contributed by atoms with van der Waals surface area (Å²) in [5.41, 5.74) is -0.526. The first-order valence-corrected chi connectivity index (χ1v) is 8.72. The number of piperazine rings is 1. The Labute approximate surface area is 122 Å². The van der Waals surface area contributed by atoms with Crippen LogP contribution in [0.25, 0.3) is 0 Å². The highest BCUT2D eigenvalue weighted by Gasteiger charge is 2.30. The molecule has 1 aliphatic rings. The lowest BCUT2D eigenvalue weighted by molar-refractivity contribution is 0.0192. The molecule has 20 heavy (non-hydrogen) atoms. The number of hydrogen-bond donors (Lipinski definition) is 0. The van der Waals surface area contributed by atoms with Crippen molar-refractivity contribution in [1.82, 2.24) is 9.21 Å². The average molecular weight is 306 g/mol. The summed E-state index contributed by atoms with van der Waals surface area (Å²) in [6.45, 7) is 8.90. The summed E-state index contributed by atoms with van der Waals surface area (Å²) in [6.07, 6.45) is 1.16. The van der Waals surface area contributed by atoms with Crippen LogP contribution in [0.5, 0.6) is 0 Å². The number of rotatable bonds is 4. The van der Waals surface area contributed by atoms with E-state index in [1.807, 2.05) is 27.7 Å². The molecule has 0 saturated carbocycles. The third-order valence-corrected chi connectivity index (χ3v) is 5.00. The maximum absolute atomic E-state index is 12.0. The van der Waals surface area contributed by atoms with E-state index in [9.17, 15) is 13.2 Å². The summed E-state index contributed by atoms with van der Waals surface area (Å²) in [5.74, 6) is 0.190. The Kier molecular flexibility index (Phi) is 5.82. The van der Waals surface area contributed by atoms with Gasteiger partial charge in [-0.2, -0.15) is 4.31 Å². The zero-order chi connectivity index (χ0) is 15.4. The van der Waals surface area contributed by atoms with E-state index in [2.05, 4.69) is 0 Å². The van der Waals surface area contributed by atoms with Crippen LogP contribution in [0.3, 0.4) is 0 Å². The van der Waals surface area contributed by atoms with Crippen LogP contribution >= 0.6 is 0 Å². The molecule has 0 radical (unpaired) electrons. The molecule has 0 aliphatic carbocycles. The highest BCUT2D eigenvalue weighted by Crippen LogP contribution is 2.14. The molecular formula is C13H26N2O4S. The smallest absolute Gasteiger partial charge is 0.410 e. The molecule has 0 N–H and O–H groups in total. The SMILES string of the molecule is CCCCS(=O)(=O)N1CCN(C(=O)OC(C)(C)C)CC1. The minimum atomic E-state index is -3.18. The number of nitrogens with zero attached hydrogens (tertiary/aromatic N) is 2. The molecule has 0 atom stereocenters. The summed E-state index contributed by atoms with van der Waals surface area (Å²) in [6, 6.07) is 0. The van der Waals surface area contributed by atoms with E-state index in [4.69, 9.17) is 4.74 Å². The van der Waals surface area contributed by atoms with Gasteiger partial charge in [0.15, 0.2) is 0 Å². The van der Waals surface area contributed by atoms with Gasteiger partial charge in [-0.15, -0.1) is 0 Å². The molecule has 0 bridgehead atoms. The first-order valence-electron chi connectivity index (χ1n) is 7.11. The number of hydrogen-bond acceptors (Lipinski definition) is 4. The van der Waals surface area contributed by atoms with Gasteiger partial charge in [-0.1, -0.05) is 13.3 Å². The molecule has 0 aromatic carbocycles. The Morgan fingerprint density at radius 3 is 2.15 bits per heavy atom. The summed E-state index contributed by atoms with van der Waals surface area (Å²) in [5, 5.41) is 0. The lowest BCUT2D eigenvalue weighted by Gasteiger charge is -2.35. The number of amides is 1. The van der Waals surface area contributed by atoms with E-state index >= 15 is 0 Å². The van der Waals surface area contributed by atoms with Crippen molar-refractivity contribution >= 4 is 16.1 Å². The van der Waals surface area contributed by atoms with Crippen LogP contribution in [0.4, 0.5) is 4.79 Å². The lowest BCUT2D eigenvalue weighted by Crippen LogP contribution is -2.52. The molecule has 6 nitrogen and oxygen atoms in total. The number of carbonyl (C=O) groups excluding carboxylic acids is 1. The van der Waals surface area contributed by atoms with E-state index in [1.54, 1.807) is 4.90 Å². The Morgan fingerprint density at radius 1 is 1.15 bits per heavy atom. The van der Waals surface area contributed by atoms with Crippen molar-refractivity contribution in [2.75, 3.05) is 31.9 Å². The topological polar surface area (TPSA) is 66.9 Å². The zero-order valence-electron chi connectivity index (χ0n) is 12.9. The van der Waals surface area contributed by atoms with Gasteiger partial charge in [0.25, 0.3) is 0 Å². The number of sulfonamides is 1. The van der Waals surface area contributed by atoms with Crippen molar-refractivity contribution in [2.24, 2.45) is 0 Å². The van der Waals surface area contributed by atoms with Gasteiger partial charge in [0.05, 0.1) is 5.75 Å². The Balaban J connectivity index is 2.49. The minimum Gasteiger partial charge on any atom is -0.444 e. The fourth-order valence-corrected chi connectivity index (χ4v) is 3.56. The number of unbranched alkanes of at least 4 members (excludes halogenated alkanes) is 1. The van der Waals surface area contributed by atoms with E-state index in [1.165, 1.54) is 4.31 Å². The molecule has 0 aromatic heterocycles. The lowest BCUT2D eigenvalue weighted by atomic mass is 10.2. The maximum Gasteiger partial charge on any atom is 0.410 e. The van der Waals surface area contributed by atoms with Crippen LogP contribution < -0.4 is 0 Å². The molecule has 1 aliphatic heterocycles. The van der Waals surface area contributed by atoms with Gasteiger partial charge in [-0.25, -0.2) is 13.2 Å². The summed E-state index contributed by atoms with van der Waals surface area (Å²) in [7, 11) is -3.18. The van der Waals surface area contributed by atoms with Gasteiger partial charge in [-0.05, 0) is 27.2 Å². The van der Waals surface area contributed by atoms with Crippen LogP contribution in [-0.4, -0.2) is 61.2 Å². The number of carbonyl (C=O) groups is 1. The second-order valence-electron chi connectivity index (χ2n) is 6.04. The maximum atomic E-state index is 12.0. The summed E-state index contributed by atoms with van der Waals surface area (Å²) < 4.78 is 30.8. The van der Waals surface area contributed by atoms with Gasteiger partial charge in [-0.3, -0.25) is 0 Å². The van der Waals surface area contributed by atoms with Gasteiger partial charge in [0, 0.05) is 26.2 Å². The Bertz CT molecular complexity index is 420. The normalized spacial score (nSPS) is 18.1. The average Bonchev–Trinajstić information content (AvgIpc) is 2.34. The largest absolute Gasteiger partial charge is 0.444 e. The highest BCUT2D eigenvalue weighted by molar-refractivity contribution is 7.89. The van der Waals surface area contributed by atoms with Crippen molar-refractivity contribution in [1.29, 1.82) is 0 Å². The monoisotopic (exact) mass is 306 g/mol. The molecule has 1 heterocycles. The standard InChI is InChI=1S/C13H26N2O4S/c1-5-6-11-20(17,18)15-9-7-14(8-10-15)12(16)19-13(2,3)4/h5-11H2,1-4H3. The fraction of sp³-hybridized carbons (Fsp3) is 0.923. The molecular weight excluding hydrogens is 280 g/mol.